The van der Waals surface area contributed by atoms with Gasteiger partial charge in [0, 0.05) is 10.9 Å². The molecule has 4 heteroatoms. The second-order valence-electron chi connectivity index (χ2n) is 3.25. The zero-order chi connectivity index (χ0) is 10.7. The molecular weight excluding hydrogens is 256 g/mol. The minimum atomic E-state index is 0.575. The summed E-state index contributed by atoms with van der Waals surface area (Å²) in [5.74, 6) is 1.34. The summed E-state index contributed by atoms with van der Waals surface area (Å²) in [6.07, 6.45) is 1.88. The van der Waals surface area contributed by atoms with Crippen LogP contribution in [0.4, 0.5) is 0 Å². The summed E-state index contributed by atoms with van der Waals surface area (Å²) in [7, 11) is 0. The van der Waals surface area contributed by atoms with Gasteiger partial charge in [-0.05, 0) is 34.5 Å². The molecule has 78 valence electrons. The molecule has 1 heterocycles. The molecule has 0 atom stereocenters. The maximum atomic E-state index is 5.19. The van der Waals surface area contributed by atoms with E-state index in [2.05, 4.69) is 33.0 Å². The summed E-state index contributed by atoms with van der Waals surface area (Å²) in [6, 6.07) is 7.81. The van der Waals surface area contributed by atoms with Crippen molar-refractivity contribution in [3.8, 4) is 11.5 Å². The van der Waals surface area contributed by atoms with E-state index in [1.54, 1.807) is 0 Å². The molecule has 0 radical (unpaired) electrons. The van der Waals surface area contributed by atoms with Gasteiger partial charge in [-0.2, -0.15) is 4.98 Å². The molecule has 0 aliphatic carbocycles. The zero-order valence-electron chi connectivity index (χ0n) is 8.40. The Morgan fingerprint density at radius 2 is 2.13 bits per heavy atom. The van der Waals surface area contributed by atoms with Crippen LogP contribution >= 0.6 is 15.9 Å². The first-order valence-electron chi connectivity index (χ1n) is 4.88. The normalized spacial score (nSPS) is 10.5. The Morgan fingerprint density at radius 1 is 1.33 bits per heavy atom. The number of benzene rings is 1. The summed E-state index contributed by atoms with van der Waals surface area (Å²) in [5, 5.41) is 3.92. The summed E-state index contributed by atoms with van der Waals surface area (Å²) in [4.78, 5) is 4.32. The summed E-state index contributed by atoms with van der Waals surface area (Å²) >= 11 is 3.45. The van der Waals surface area contributed by atoms with Crippen LogP contribution in [0.5, 0.6) is 0 Å². The molecule has 0 N–H and O–H groups in total. The summed E-state index contributed by atoms with van der Waals surface area (Å²) in [6.45, 7) is 2.09. The van der Waals surface area contributed by atoms with E-state index < -0.39 is 0 Å². The maximum Gasteiger partial charge on any atom is 0.259 e. The molecule has 0 aliphatic heterocycles. The van der Waals surface area contributed by atoms with Crippen molar-refractivity contribution in [3.63, 3.8) is 0 Å². The van der Waals surface area contributed by atoms with E-state index in [1.807, 2.05) is 24.3 Å². The SMILES string of the molecule is CCCc1noc(-c2ccccc2Br)n1. The lowest BCUT2D eigenvalue weighted by Gasteiger charge is -1.96. The van der Waals surface area contributed by atoms with Gasteiger partial charge in [0.1, 0.15) is 0 Å². The Balaban J connectivity index is 2.33. The molecule has 15 heavy (non-hydrogen) atoms. The van der Waals surface area contributed by atoms with Crippen LogP contribution in [0, 0.1) is 0 Å². The van der Waals surface area contributed by atoms with Gasteiger partial charge in [0.15, 0.2) is 5.82 Å². The number of nitrogens with zero attached hydrogens (tertiary/aromatic N) is 2. The fourth-order valence-corrected chi connectivity index (χ4v) is 1.78. The van der Waals surface area contributed by atoms with Crippen LogP contribution in [0.1, 0.15) is 19.2 Å². The number of hydrogen-bond acceptors (Lipinski definition) is 3. The van der Waals surface area contributed by atoms with E-state index >= 15 is 0 Å². The quantitative estimate of drug-likeness (QED) is 0.854. The van der Waals surface area contributed by atoms with E-state index in [0.717, 1.165) is 28.7 Å². The van der Waals surface area contributed by atoms with Crippen LogP contribution in [0.15, 0.2) is 33.3 Å². The monoisotopic (exact) mass is 266 g/mol. The van der Waals surface area contributed by atoms with Crippen LogP contribution in [-0.4, -0.2) is 10.1 Å². The largest absolute Gasteiger partial charge is 0.334 e. The van der Waals surface area contributed by atoms with Crippen molar-refractivity contribution in [2.45, 2.75) is 19.8 Å². The predicted octanol–water partition coefficient (Wildman–Crippen LogP) is 3.45. The van der Waals surface area contributed by atoms with Gasteiger partial charge in [-0.25, -0.2) is 0 Å². The molecular formula is C11H11BrN2O. The van der Waals surface area contributed by atoms with Crippen molar-refractivity contribution in [1.82, 2.24) is 10.1 Å². The standard InChI is InChI=1S/C11H11BrN2O/c1-2-5-10-13-11(15-14-10)8-6-3-4-7-9(8)12/h3-4,6-7H,2,5H2,1H3. The highest BCUT2D eigenvalue weighted by Gasteiger charge is 2.10. The summed E-state index contributed by atoms with van der Waals surface area (Å²) < 4.78 is 6.16. The molecule has 0 saturated carbocycles. The van der Waals surface area contributed by atoms with Crippen LogP contribution in [0.3, 0.4) is 0 Å². The smallest absolute Gasteiger partial charge is 0.259 e. The molecule has 0 aliphatic rings. The maximum absolute atomic E-state index is 5.19. The van der Waals surface area contributed by atoms with Gasteiger partial charge in [-0.3, -0.25) is 0 Å². The molecule has 0 bridgehead atoms. The minimum absolute atomic E-state index is 0.575. The first-order valence-corrected chi connectivity index (χ1v) is 5.68. The zero-order valence-corrected chi connectivity index (χ0v) is 9.99. The van der Waals surface area contributed by atoms with E-state index in [4.69, 9.17) is 4.52 Å². The van der Waals surface area contributed by atoms with Crippen molar-refractivity contribution >= 4 is 15.9 Å². The predicted molar refractivity (Wildman–Crippen MR) is 61.4 cm³/mol. The van der Waals surface area contributed by atoms with Crippen molar-refractivity contribution in [1.29, 1.82) is 0 Å². The molecule has 2 rings (SSSR count). The lowest BCUT2D eigenvalue weighted by atomic mass is 10.2. The number of aryl methyl sites for hydroxylation is 1. The Morgan fingerprint density at radius 3 is 2.87 bits per heavy atom. The fraction of sp³-hybridized carbons (Fsp3) is 0.273. The number of hydrogen-bond donors (Lipinski definition) is 0. The third-order valence-corrected chi connectivity index (χ3v) is 2.74. The van der Waals surface area contributed by atoms with Crippen molar-refractivity contribution in [2.75, 3.05) is 0 Å². The van der Waals surface area contributed by atoms with E-state index in [-0.39, 0.29) is 0 Å². The van der Waals surface area contributed by atoms with Gasteiger partial charge >= 0.3 is 0 Å². The molecule has 1 aromatic heterocycles. The topological polar surface area (TPSA) is 38.9 Å². The van der Waals surface area contributed by atoms with Crippen molar-refractivity contribution in [2.24, 2.45) is 0 Å². The average molecular weight is 267 g/mol. The molecule has 2 aromatic rings. The average Bonchev–Trinajstić information content (AvgIpc) is 2.68. The van der Waals surface area contributed by atoms with Crippen LogP contribution in [0.25, 0.3) is 11.5 Å². The molecule has 3 nitrogen and oxygen atoms in total. The number of aromatic nitrogens is 2. The lowest BCUT2D eigenvalue weighted by molar-refractivity contribution is 0.422. The number of rotatable bonds is 3. The van der Waals surface area contributed by atoms with Gasteiger partial charge in [0.25, 0.3) is 5.89 Å². The highest BCUT2D eigenvalue weighted by Crippen LogP contribution is 2.26. The van der Waals surface area contributed by atoms with Gasteiger partial charge < -0.3 is 4.52 Å². The van der Waals surface area contributed by atoms with Gasteiger partial charge in [0.05, 0.1) is 5.56 Å². The van der Waals surface area contributed by atoms with Crippen LogP contribution in [0.2, 0.25) is 0 Å². The lowest BCUT2D eigenvalue weighted by Crippen LogP contribution is -1.85. The highest BCUT2D eigenvalue weighted by atomic mass is 79.9. The second-order valence-corrected chi connectivity index (χ2v) is 4.10. The Kier molecular flexibility index (Phi) is 3.16. The first kappa shape index (κ1) is 10.4. The van der Waals surface area contributed by atoms with Crippen molar-refractivity contribution < 1.29 is 4.52 Å². The molecule has 0 fully saturated rings. The molecule has 0 spiro atoms. The van der Waals surface area contributed by atoms with Crippen LogP contribution < -0.4 is 0 Å². The van der Waals surface area contributed by atoms with E-state index in [0.29, 0.717) is 5.89 Å². The molecule has 0 unspecified atom stereocenters. The molecule has 0 amide bonds. The van der Waals surface area contributed by atoms with Crippen LogP contribution in [-0.2, 0) is 6.42 Å². The van der Waals surface area contributed by atoms with Gasteiger partial charge in [-0.15, -0.1) is 0 Å². The third-order valence-electron chi connectivity index (χ3n) is 2.05. The minimum Gasteiger partial charge on any atom is -0.334 e. The van der Waals surface area contributed by atoms with E-state index in [9.17, 15) is 0 Å². The summed E-state index contributed by atoms with van der Waals surface area (Å²) in [5.41, 5.74) is 0.937. The van der Waals surface area contributed by atoms with Gasteiger partial charge in [0.2, 0.25) is 0 Å². The molecule has 1 aromatic carbocycles. The first-order chi connectivity index (χ1) is 7.31. The second kappa shape index (κ2) is 4.57. The third kappa shape index (κ3) is 2.26. The van der Waals surface area contributed by atoms with Crippen molar-refractivity contribution in [3.05, 3.63) is 34.6 Å². The fourth-order valence-electron chi connectivity index (χ4n) is 1.32. The molecule has 0 saturated heterocycles. The number of halogens is 1. The highest BCUT2D eigenvalue weighted by molar-refractivity contribution is 9.10. The van der Waals surface area contributed by atoms with E-state index in [1.165, 1.54) is 0 Å². The Bertz CT molecular complexity index is 453. The Hall–Kier alpha value is -1.16. The van der Waals surface area contributed by atoms with Gasteiger partial charge in [-0.1, -0.05) is 24.2 Å². The Labute approximate surface area is 96.6 Å².